The van der Waals surface area contributed by atoms with E-state index in [-0.39, 0.29) is 18.0 Å². The van der Waals surface area contributed by atoms with Crippen molar-refractivity contribution in [3.05, 3.63) is 53.6 Å². The number of urea groups is 1. The van der Waals surface area contributed by atoms with Gasteiger partial charge in [0.05, 0.1) is 11.4 Å². The summed E-state index contributed by atoms with van der Waals surface area (Å²) in [4.78, 5) is 27.7. The number of nitrogens with zero attached hydrogens (tertiary/aromatic N) is 1. The zero-order valence-electron chi connectivity index (χ0n) is 18.2. The molecule has 4 rings (SSSR count). The molecule has 1 saturated heterocycles. The lowest BCUT2D eigenvalue weighted by Crippen LogP contribution is -2.39. The molecular weight excluding hydrogens is 388 g/mol. The number of benzene rings is 2. The van der Waals surface area contributed by atoms with Gasteiger partial charge < -0.3 is 20.9 Å². The fraction of sp³-hybridized carbons (Fsp3) is 0.440. The van der Waals surface area contributed by atoms with Crippen molar-refractivity contribution < 1.29 is 9.59 Å². The van der Waals surface area contributed by atoms with Gasteiger partial charge in [0.2, 0.25) is 0 Å². The first-order valence-corrected chi connectivity index (χ1v) is 11.4. The van der Waals surface area contributed by atoms with E-state index in [0.29, 0.717) is 11.3 Å². The number of carbonyl (C=O) groups excluding carboxylic acids is 2. The smallest absolute Gasteiger partial charge is 0.319 e. The summed E-state index contributed by atoms with van der Waals surface area (Å²) >= 11 is 0. The third-order valence-corrected chi connectivity index (χ3v) is 6.17. The van der Waals surface area contributed by atoms with Crippen LogP contribution in [0.25, 0.3) is 0 Å². The number of hydrogen-bond acceptors (Lipinski definition) is 3. The fourth-order valence-corrected chi connectivity index (χ4v) is 4.53. The molecule has 0 atom stereocenters. The molecule has 0 bridgehead atoms. The summed E-state index contributed by atoms with van der Waals surface area (Å²) in [6.45, 7) is 3.93. The van der Waals surface area contributed by atoms with E-state index >= 15 is 0 Å². The van der Waals surface area contributed by atoms with E-state index in [1.807, 2.05) is 43.3 Å². The summed E-state index contributed by atoms with van der Waals surface area (Å²) in [6, 6.07) is 13.4. The van der Waals surface area contributed by atoms with E-state index in [9.17, 15) is 9.59 Å². The Hall–Kier alpha value is -3.02. The van der Waals surface area contributed by atoms with Crippen LogP contribution < -0.4 is 20.9 Å². The Morgan fingerprint density at radius 3 is 2.42 bits per heavy atom. The Bertz CT molecular complexity index is 931. The van der Waals surface area contributed by atoms with E-state index in [1.165, 1.54) is 19.3 Å². The molecule has 3 amide bonds. The van der Waals surface area contributed by atoms with Crippen LogP contribution in [0.1, 0.15) is 60.9 Å². The minimum atomic E-state index is -0.172. The second-order valence-electron chi connectivity index (χ2n) is 8.68. The molecule has 2 aliphatic rings. The minimum Gasteiger partial charge on any atom is -0.370 e. The summed E-state index contributed by atoms with van der Waals surface area (Å²) in [5.41, 5.74) is 4.07. The van der Waals surface area contributed by atoms with Crippen LogP contribution in [-0.4, -0.2) is 31.1 Å². The maximum absolute atomic E-state index is 12.7. The van der Waals surface area contributed by atoms with E-state index in [1.54, 1.807) is 6.07 Å². The molecule has 1 saturated carbocycles. The molecule has 2 aromatic carbocycles. The standard InChI is InChI=1S/C25H32N4O2/c1-18-8-7-9-19(16-18)24(30)26-21-12-13-23(29-14-5-6-15-29)22(17-21)28-25(31)27-20-10-3-2-4-11-20/h7-9,12-13,16-17,20H,2-6,10-11,14-15H2,1H3,(H,26,30)(H2,27,28,31). The van der Waals surface area contributed by atoms with Gasteiger partial charge in [0.25, 0.3) is 5.91 Å². The largest absolute Gasteiger partial charge is 0.370 e. The van der Waals surface area contributed by atoms with Gasteiger partial charge in [-0.3, -0.25) is 4.79 Å². The summed E-state index contributed by atoms with van der Waals surface area (Å²) < 4.78 is 0. The van der Waals surface area contributed by atoms with E-state index in [4.69, 9.17) is 0 Å². The molecule has 1 aliphatic carbocycles. The number of hydrogen-bond donors (Lipinski definition) is 3. The lowest BCUT2D eigenvalue weighted by Gasteiger charge is -2.25. The Labute approximate surface area is 184 Å². The van der Waals surface area contributed by atoms with Crippen LogP contribution in [0.15, 0.2) is 42.5 Å². The average molecular weight is 421 g/mol. The van der Waals surface area contributed by atoms with E-state index in [0.717, 1.165) is 55.7 Å². The molecular formula is C25H32N4O2. The Morgan fingerprint density at radius 1 is 0.903 bits per heavy atom. The number of carbonyl (C=O) groups is 2. The van der Waals surface area contributed by atoms with Crippen LogP contribution in [0, 0.1) is 6.92 Å². The second-order valence-corrected chi connectivity index (χ2v) is 8.68. The minimum absolute atomic E-state index is 0.157. The van der Waals surface area contributed by atoms with Crippen molar-refractivity contribution in [2.24, 2.45) is 0 Å². The highest BCUT2D eigenvalue weighted by molar-refractivity contribution is 6.05. The monoisotopic (exact) mass is 420 g/mol. The highest BCUT2D eigenvalue weighted by atomic mass is 16.2. The number of nitrogens with one attached hydrogen (secondary N) is 3. The average Bonchev–Trinajstić information content (AvgIpc) is 3.29. The van der Waals surface area contributed by atoms with Crippen molar-refractivity contribution in [1.29, 1.82) is 0 Å². The highest BCUT2D eigenvalue weighted by Crippen LogP contribution is 2.32. The first-order chi connectivity index (χ1) is 15.1. The molecule has 1 heterocycles. The van der Waals surface area contributed by atoms with Crippen LogP contribution in [0.3, 0.4) is 0 Å². The van der Waals surface area contributed by atoms with E-state index < -0.39 is 0 Å². The predicted molar refractivity (Wildman–Crippen MR) is 126 cm³/mol. The number of amides is 3. The van der Waals surface area contributed by atoms with Gasteiger partial charge >= 0.3 is 6.03 Å². The zero-order valence-corrected chi connectivity index (χ0v) is 18.2. The zero-order chi connectivity index (χ0) is 21.6. The van der Waals surface area contributed by atoms with Gasteiger partial charge in [-0.25, -0.2) is 4.79 Å². The summed E-state index contributed by atoms with van der Waals surface area (Å²) in [7, 11) is 0. The van der Waals surface area contributed by atoms with Gasteiger partial charge in [0.15, 0.2) is 0 Å². The maximum atomic E-state index is 12.7. The van der Waals surface area contributed by atoms with Gasteiger partial charge in [-0.2, -0.15) is 0 Å². The lowest BCUT2D eigenvalue weighted by atomic mass is 9.96. The van der Waals surface area contributed by atoms with Crippen LogP contribution in [0.4, 0.5) is 21.9 Å². The molecule has 0 unspecified atom stereocenters. The van der Waals surface area contributed by atoms with Crippen molar-refractivity contribution in [2.75, 3.05) is 28.6 Å². The van der Waals surface area contributed by atoms with Crippen LogP contribution >= 0.6 is 0 Å². The van der Waals surface area contributed by atoms with Gasteiger partial charge in [-0.05, 0) is 62.9 Å². The molecule has 0 radical (unpaired) electrons. The molecule has 2 fully saturated rings. The highest BCUT2D eigenvalue weighted by Gasteiger charge is 2.20. The van der Waals surface area contributed by atoms with Crippen LogP contribution in [0.5, 0.6) is 0 Å². The van der Waals surface area contributed by atoms with Crippen molar-refractivity contribution >= 4 is 29.0 Å². The summed E-state index contributed by atoms with van der Waals surface area (Å²) in [6.07, 6.45) is 7.98. The molecule has 2 aromatic rings. The molecule has 0 aromatic heterocycles. The van der Waals surface area contributed by atoms with Gasteiger partial charge in [0, 0.05) is 30.4 Å². The third kappa shape index (κ3) is 5.57. The van der Waals surface area contributed by atoms with Crippen LogP contribution in [-0.2, 0) is 0 Å². The number of anilines is 3. The molecule has 6 heteroatoms. The molecule has 3 N–H and O–H groups in total. The van der Waals surface area contributed by atoms with Gasteiger partial charge in [-0.1, -0.05) is 37.0 Å². The molecule has 0 spiro atoms. The van der Waals surface area contributed by atoms with E-state index in [2.05, 4.69) is 20.9 Å². The SMILES string of the molecule is Cc1cccc(C(=O)Nc2ccc(N3CCCC3)c(NC(=O)NC3CCCCC3)c2)c1. The summed E-state index contributed by atoms with van der Waals surface area (Å²) in [5.74, 6) is -0.157. The quantitative estimate of drug-likeness (QED) is 0.614. The Kier molecular flexibility index (Phi) is 6.75. The number of aryl methyl sites for hydroxylation is 1. The topological polar surface area (TPSA) is 73.5 Å². The first kappa shape index (κ1) is 21.2. The molecule has 6 nitrogen and oxygen atoms in total. The third-order valence-electron chi connectivity index (χ3n) is 6.17. The Morgan fingerprint density at radius 2 is 1.68 bits per heavy atom. The predicted octanol–water partition coefficient (Wildman–Crippen LogP) is 5.30. The van der Waals surface area contributed by atoms with Crippen molar-refractivity contribution in [3.8, 4) is 0 Å². The van der Waals surface area contributed by atoms with Gasteiger partial charge in [0.1, 0.15) is 0 Å². The van der Waals surface area contributed by atoms with Gasteiger partial charge in [-0.15, -0.1) is 0 Å². The second kappa shape index (κ2) is 9.86. The number of rotatable bonds is 5. The van der Waals surface area contributed by atoms with Crippen molar-refractivity contribution in [3.63, 3.8) is 0 Å². The molecule has 164 valence electrons. The fourth-order valence-electron chi connectivity index (χ4n) is 4.53. The molecule has 31 heavy (non-hydrogen) atoms. The first-order valence-electron chi connectivity index (χ1n) is 11.4. The molecule has 1 aliphatic heterocycles. The lowest BCUT2D eigenvalue weighted by molar-refractivity contribution is 0.102. The van der Waals surface area contributed by atoms with Crippen molar-refractivity contribution in [2.45, 2.75) is 57.9 Å². The summed E-state index contributed by atoms with van der Waals surface area (Å²) in [5, 5.41) is 9.14. The maximum Gasteiger partial charge on any atom is 0.319 e. The van der Waals surface area contributed by atoms with Crippen molar-refractivity contribution in [1.82, 2.24) is 5.32 Å². The Balaban J connectivity index is 1.51. The van der Waals surface area contributed by atoms with Crippen LogP contribution in [0.2, 0.25) is 0 Å². The normalized spacial score (nSPS) is 16.7.